The molecule has 0 aliphatic heterocycles. The van der Waals surface area contributed by atoms with Crippen molar-refractivity contribution < 1.29 is 4.74 Å². The van der Waals surface area contributed by atoms with E-state index >= 15 is 0 Å². The van der Waals surface area contributed by atoms with Crippen LogP contribution in [0.25, 0.3) is 0 Å². The Morgan fingerprint density at radius 3 is 2.77 bits per heavy atom. The molecule has 0 radical (unpaired) electrons. The normalized spacial score (nSPS) is 14.7. The Labute approximate surface area is 79.0 Å². The number of ether oxygens (including phenoxy) is 1. The van der Waals surface area contributed by atoms with Crippen LogP contribution in [0.3, 0.4) is 0 Å². The van der Waals surface area contributed by atoms with E-state index in [2.05, 4.69) is 6.58 Å². The van der Waals surface area contributed by atoms with Gasteiger partial charge >= 0.3 is 0 Å². The van der Waals surface area contributed by atoms with Gasteiger partial charge in [-0.3, -0.25) is 0 Å². The van der Waals surface area contributed by atoms with Gasteiger partial charge in [-0.15, -0.1) is 6.58 Å². The Bertz CT molecular complexity index is 305. The first-order chi connectivity index (χ1) is 6.10. The van der Waals surface area contributed by atoms with Gasteiger partial charge in [0.05, 0.1) is 12.6 Å². The van der Waals surface area contributed by atoms with Crippen LogP contribution < -0.4 is 10.5 Å². The van der Waals surface area contributed by atoms with Crippen molar-refractivity contribution in [2.75, 3.05) is 7.11 Å². The lowest BCUT2D eigenvalue weighted by atomic mass is 9.93. The summed E-state index contributed by atoms with van der Waals surface area (Å²) in [5, 5.41) is 0. The average molecular weight is 177 g/mol. The molecule has 0 saturated carbocycles. The molecule has 2 heteroatoms. The largest absolute Gasteiger partial charge is 0.497 e. The third kappa shape index (κ3) is 2.10. The van der Waals surface area contributed by atoms with Gasteiger partial charge in [-0.1, -0.05) is 18.2 Å². The van der Waals surface area contributed by atoms with E-state index in [1.807, 2.05) is 31.2 Å². The molecule has 0 spiro atoms. The minimum Gasteiger partial charge on any atom is -0.497 e. The number of hydrogen-bond donors (Lipinski definition) is 1. The molecule has 70 valence electrons. The predicted octanol–water partition coefficient (Wildman–Crippen LogP) is 2.06. The maximum absolute atomic E-state index is 5.99. The first-order valence-corrected chi connectivity index (χ1v) is 4.17. The van der Waals surface area contributed by atoms with Crippen molar-refractivity contribution in [1.29, 1.82) is 0 Å². The maximum Gasteiger partial charge on any atom is 0.119 e. The number of hydrogen-bond acceptors (Lipinski definition) is 2. The fraction of sp³-hybridized carbons (Fsp3) is 0.273. The van der Waals surface area contributed by atoms with E-state index < -0.39 is 5.54 Å². The highest BCUT2D eigenvalue weighted by Crippen LogP contribution is 2.22. The van der Waals surface area contributed by atoms with E-state index in [1.165, 1.54) is 0 Å². The van der Waals surface area contributed by atoms with Crippen LogP contribution in [0.2, 0.25) is 0 Å². The summed E-state index contributed by atoms with van der Waals surface area (Å²) in [6.07, 6.45) is 1.72. The molecule has 13 heavy (non-hydrogen) atoms. The minimum absolute atomic E-state index is 0.492. The van der Waals surface area contributed by atoms with Gasteiger partial charge in [0, 0.05) is 0 Å². The quantitative estimate of drug-likeness (QED) is 0.717. The third-order valence-electron chi connectivity index (χ3n) is 2.12. The lowest BCUT2D eigenvalue weighted by Gasteiger charge is -2.20. The van der Waals surface area contributed by atoms with Crippen LogP contribution in [-0.4, -0.2) is 7.11 Å². The standard InChI is InChI=1S/C11H15NO/c1-4-11(2,12)9-6-5-7-10(8-9)13-3/h4-8H,1,12H2,2-3H3/t11-/m1/s1. The van der Waals surface area contributed by atoms with Crippen molar-refractivity contribution in [2.45, 2.75) is 12.5 Å². The van der Waals surface area contributed by atoms with Crippen LogP contribution in [0.15, 0.2) is 36.9 Å². The predicted molar refractivity (Wildman–Crippen MR) is 54.7 cm³/mol. The molecule has 0 aliphatic carbocycles. The molecule has 0 heterocycles. The third-order valence-corrected chi connectivity index (χ3v) is 2.12. The average Bonchev–Trinajstić information content (AvgIpc) is 2.18. The summed E-state index contributed by atoms with van der Waals surface area (Å²) in [5.74, 6) is 0.816. The Balaban J connectivity index is 3.08. The van der Waals surface area contributed by atoms with Crippen LogP contribution in [0.1, 0.15) is 12.5 Å². The second-order valence-corrected chi connectivity index (χ2v) is 3.22. The maximum atomic E-state index is 5.99. The van der Waals surface area contributed by atoms with E-state index in [9.17, 15) is 0 Å². The van der Waals surface area contributed by atoms with Gasteiger partial charge in [0.15, 0.2) is 0 Å². The monoisotopic (exact) mass is 177 g/mol. The van der Waals surface area contributed by atoms with Crippen LogP contribution in [-0.2, 0) is 5.54 Å². The smallest absolute Gasteiger partial charge is 0.119 e. The summed E-state index contributed by atoms with van der Waals surface area (Å²) in [6.45, 7) is 5.61. The second kappa shape index (κ2) is 3.62. The number of nitrogens with two attached hydrogens (primary N) is 1. The molecule has 0 bridgehead atoms. The molecule has 1 rings (SSSR count). The molecular formula is C11H15NO. The zero-order valence-corrected chi connectivity index (χ0v) is 8.08. The Morgan fingerprint density at radius 1 is 1.54 bits per heavy atom. The lowest BCUT2D eigenvalue weighted by molar-refractivity contribution is 0.413. The van der Waals surface area contributed by atoms with Crippen molar-refractivity contribution in [1.82, 2.24) is 0 Å². The van der Waals surface area contributed by atoms with Crippen molar-refractivity contribution in [3.8, 4) is 5.75 Å². The molecule has 2 nitrogen and oxygen atoms in total. The fourth-order valence-electron chi connectivity index (χ4n) is 1.08. The first-order valence-electron chi connectivity index (χ1n) is 4.17. The molecule has 0 aromatic heterocycles. The van der Waals surface area contributed by atoms with E-state index in [-0.39, 0.29) is 0 Å². The second-order valence-electron chi connectivity index (χ2n) is 3.22. The van der Waals surface area contributed by atoms with Crippen molar-refractivity contribution >= 4 is 0 Å². The number of methoxy groups -OCH3 is 1. The van der Waals surface area contributed by atoms with E-state index in [0.29, 0.717) is 0 Å². The molecule has 0 saturated heterocycles. The molecule has 1 atom stereocenters. The molecule has 0 fully saturated rings. The van der Waals surface area contributed by atoms with Gasteiger partial charge in [-0.2, -0.15) is 0 Å². The SMILES string of the molecule is C=C[C@@](C)(N)c1cccc(OC)c1. The molecule has 2 N–H and O–H groups in total. The highest BCUT2D eigenvalue weighted by molar-refractivity contribution is 5.35. The van der Waals surface area contributed by atoms with Gasteiger partial charge in [-0.05, 0) is 24.6 Å². The minimum atomic E-state index is -0.492. The fourth-order valence-corrected chi connectivity index (χ4v) is 1.08. The molecule has 1 aromatic carbocycles. The molecule has 0 amide bonds. The molecule has 0 aliphatic rings. The van der Waals surface area contributed by atoms with Crippen LogP contribution in [0.5, 0.6) is 5.75 Å². The molecule has 1 aromatic rings. The highest BCUT2D eigenvalue weighted by Gasteiger charge is 2.16. The van der Waals surface area contributed by atoms with E-state index in [1.54, 1.807) is 13.2 Å². The van der Waals surface area contributed by atoms with E-state index in [4.69, 9.17) is 10.5 Å². The topological polar surface area (TPSA) is 35.2 Å². The van der Waals surface area contributed by atoms with Crippen LogP contribution in [0, 0.1) is 0 Å². The Hall–Kier alpha value is -1.28. The summed E-state index contributed by atoms with van der Waals surface area (Å²) < 4.78 is 5.10. The summed E-state index contributed by atoms with van der Waals surface area (Å²) >= 11 is 0. The van der Waals surface area contributed by atoms with Gasteiger partial charge in [-0.25, -0.2) is 0 Å². The zero-order valence-electron chi connectivity index (χ0n) is 8.08. The highest BCUT2D eigenvalue weighted by atomic mass is 16.5. The van der Waals surface area contributed by atoms with Gasteiger partial charge in [0.1, 0.15) is 5.75 Å². The lowest BCUT2D eigenvalue weighted by Crippen LogP contribution is -2.29. The number of benzene rings is 1. The van der Waals surface area contributed by atoms with Crippen LogP contribution in [0.4, 0.5) is 0 Å². The van der Waals surface area contributed by atoms with Crippen molar-refractivity contribution in [2.24, 2.45) is 5.73 Å². The molecular weight excluding hydrogens is 162 g/mol. The Kier molecular flexibility index (Phi) is 2.73. The van der Waals surface area contributed by atoms with Gasteiger partial charge in [0.25, 0.3) is 0 Å². The zero-order chi connectivity index (χ0) is 9.90. The van der Waals surface area contributed by atoms with Gasteiger partial charge in [0.2, 0.25) is 0 Å². The van der Waals surface area contributed by atoms with Crippen molar-refractivity contribution in [3.05, 3.63) is 42.5 Å². The summed E-state index contributed by atoms with van der Waals surface area (Å²) in [7, 11) is 1.64. The molecule has 0 unspecified atom stereocenters. The number of rotatable bonds is 3. The summed E-state index contributed by atoms with van der Waals surface area (Å²) in [5.41, 5.74) is 6.50. The van der Waals surface area contributed by atoms with Crippen LogP contribution >= 0.6 is 0 Å². The Morgan fingerprint density at radius 2 is 2.23 bits per heavy atom. The van der Waals surface area contributed by atoms with Gasteiger partial charge < -0.3 is 10.5 Å². The van der Waals surface area contributed by atoms with Crippen molar-refractivity contribution in [3.63, 3.8) is 0 Å². The summed E-state index contributed by atoms with van der Waals surface area (Å²) in [6, 6.07) is 7.69. The first kappa shape index (κ1) is 9.81. The van der Waals surface area contributed by atoms with E-state index in [0.717, 1.165) is 11.3 Å². The summed E-state index contributed by atoms with van der Waals surface area (Å²) in [4.78, 5) is 0.